The number of ether oxygens (including phenoxy) is 2. The first kappa shape index (κ1) is 12.9. The molecule has 6 heteroatoms. The highest BCUT2D eigenvalue weighted by Crippen LogP contribution is 2.20. The van der Waals surface area contributed by atoms with Crippen LogP contribution in [0, 0.1) is 0 Å². The second kappa shape index (κ2) is 6.42. The summed E-state index contributed by atoms with van der Waals surface area (Å²) in [5.41, 5.74) is 0. The van der Waals surface area contributed by atoms with Gasteiger partial charge in [-0.3, -0.25) is 0 Å². The number of carbonyl (C=O) groups excluding carboxylic acids is 1. The van der Waals surface area contributed by atoms with Crippen LogP contribution in [0.3, 0.4) is 0 Å². The third-order valence-electron chi connectivity index (χ3n) is 1.85. The van der Waals surface area contributed by atoms with Gasteiger partial charge in [0.05, 0.1) is 12.7 Å². The topological polar surface area (TPSA) is 61.3 Å². The first-order valence-electron chi connectivity index (χ1n) is 5.34. The van der Waals surface area contributed by atoms with E-state index < -0.39 is 5.97 Å². The summed E-state index contributed by atoms with van der Waals surface area (Å²) in [4.78, 5) is 11.3. The summed E-state index contributed by atoms with van der Waals surface area (Å²) in [6, 6.07) is 0. The number of hydrogen-bond donors (Lipinski definition) is 0. The van der Waals surface area contributed by atoms with Gasteiger partial charge in [-0.2, -0.15) is 0 Å². The van der Waals surface area contributed by atoms with Gasteiger partial charge in [0.25, 0.3) is 5.19 Å². The zero-order valence-electron chi connectivity index (χ0n) is 9.73. The summed E-state index contributed by atoms with van der Waals surface area (Å²) < 4.78 is 10.3. The minimum atomic E-state index is -0.446. The molecule has 0 aliphatic heterocycles. The number of hydrogen-bond acceptors (Lipinski definition) is 6. The summed E-state index contributed by atoms with van der Waals surface area (Å²) in [6.07, 6.45) is 2.09. The summed E-state index contributed by atoms with van der Waals surface area (Å²) in [6.45, 7) is 6.14. The van der Waals surface area contributed by atoms with Crippen LogP contribution in [0.1, 0.15) is 43.4 Å². The van der Waals surface area contributed by atoms with Crippen molar-refractivity contribution in [3.63, 3.8) is 0 Å². The monoisotopic (exact) mass is 244 g/mol. The van der Waals surface area contributed by atoms with Crippen LogP contribution in [-0.4, -0.2) is 28.9 Å². The lowest BCUT2D eigenvalue weighted by Gasteiger charge is -2.09. The smallest absolute Gasteiger partial charge is 0.369 e. The van der Waals surface area contributed by atoms with Crippen molar-refractivity contribution in [3.8, 4) is 5.19 Å². The first-order valence-corrected chi connectivity index (χ1v) is 6.16. The van der Waals surface area contributed by atoms with Crippen molar-refractivity contribution >= 4 is 17.3 Å². The molecule has 0 amide bonds. The summed E-state index contributed by atoms with van der Waals surface area (Å²) in [5, 5.41) is 8.16. The predicted molar refractivity (Wildman–Crippen MR) is 60.9 cm³/mol. The average molecular weight is 244 g/mol. The Bertz CT molecular complexity index is 341. The fourth-order valence-electron chi connectivity index (χ4n) is 1.17. The van der Waals surface area contributed by atoms with Gasteiger partial charge in [-0.05, 0) is 31.6 Å². The molecule has 1 rings (SSSR count). The van der Waals surface area contributed by atoms with Crippen molar-refractivity contribution in [1.82, 2.24) is 10.2 Å². The molecule has 0 fully saturated rings. The van der Waals surface area contributed by atoms with Crippen LogP contribution < -0.4 is 4.74 Å². The molecule has 1 atom stereocenters. The second-order valence-corrected chi connectivity index (χ2v) is 4.25. The van der Waals surface area contributed by atoms with E-state index in [-0.39, 0.29) is 11.1 Å². The molecule has 0 saturated carbocycles. The molecule has 0 aliphatic rings. The second-order valence-electron chi connectivity index (χ2n) is 3.31. The van der Waals surface area contributed by atoms with E-state index in [0.29, 0.717) is 11.8 Å². The van der Waals surface area contributed by atoms with Gasteiger partial charge in [-0.25, -0.2) is 4.79 Å². The van der Waals surface area contributed by atoms with Crippen LogP contribution in [-0.2, 0) is 4.74 Å². The lowest BCUT2D eigenvalue weighted by atomic mass is 10.2. The Labute approximate surface area is 98.8 Å². The van der Waals surface area contributed by atoms with Crippen molar-refractivity contribution in [1.29, 1.82) is 0 Å². The van der Waals surface area contributed by atoms with Gasteiger partial charge >= 0.3 is 5.97 Å². The number of rotatable bonds is 6. The molecule has 0 aliphatic carbocycles. The summed E-state index contributed by atoms with van der Waals surface area (Å²) >= 11 is 1.12. The Morgan fingerprint density at radius 3 is 2.81 bits per heavy atom. The van der Waals surface area contributed by atoms with E-state index in [2.05, 4.69) is 17.1 Å². The van der Waals surface area contributed by atoms with Crippen molar-refractivity contribution in [2.24, 2.45) is 0 Å². The van der Waals surface area contributed by atoms with E-state index in [0.717, 1.165) is 24.2 Å². The van der Waals surface area contributed by atoms with Crippen LogP contribution in [0.2, 0.25) is 0 Å². The standard InChI is InChI=1S/C10H16N2O3S/c1-4-6-7(3)15-10-12-11-8(16-10)9(13)14-5-2/h7H,4-6H2,1-3H3. The van der Waals surface area contributed by atoms with Gasteiger partial charge < -0.3 is 9.47 Å². The van der Waals surface area contributed by atoms with E-state index in [4.69, 9.17) is 9.47 Å². The Balaban J connectivity index is 2.54. The fourth-order valence-corrected chi connectivity index (χ4v) is 1.85. The van der Waals surface area contributed by atoms with Crippen molar-refractivity contribution in [2.75, 3.05) is 6.61 Å². The van der Waals surface area contributed by atoms with E-state index in [1.165, 1.54) is 0 Å². The third kappa shape index (κ3) is 3.77. The van der Waals surface area contributed by atoms with Crippen LogP contribution >= 0.6 is 11.3 Å². The maximum Gasteiger partial charge on any atom is 0.369 e. The van der Waals surface area contributed by atoms with E-state index in [1.54, 1.807) is 6.92 Å². The zero-order valence-corrected chi connectivity index (χ0v) is 10.5. The lowest BCUT2D eigenvalue weighted by Crippen LogP contribution is -2.10. The van der Waals surface area contributed by atoms with E-state index in [1.807, 2.05) is 6.92 Å². The summed E-state index contributed by atoms with van der Waals surface area (Å²) in [5.74, 6) is -0.446. The van der Waals surface area contributed by atoms with E-state index >= 15 is 0 Å². The van der Waals surface area contributed by atoms with Crippen LogP contribution in [0.15, 0.2) is 0 Å². The van der Waals surface area contributed by atoms with Gasteiger partial charge in [0, 0.05) is 0 Å². The van der Waals surface area contributed by atoms with Gasteiger partial charge in [0.1, 0.15) is 0 Å². The lowest BCUT2D eigenvalue weighted by molar-refractivity contribution is 0.0525. The van der Waals surface area contributed by atoms with E-state index in [9.17, 15) is 4.79 Å². The molecule has 0 bridgehead atoms. The predicted octanol–water partition coefficient (Wildman–Crippen LogP) is 2.28. The highest BCUT2D eigenvalue weighted by molar-refractivity contribution is 7.14. The molecule has 90 valence electrons. The molecule has 1 aromatic heterocycles. The SMILES string of the molecule is CCCC(C)Oc1nnc(C(=O)OCC)s1. The molecule has 1 aromatic rings. The molecule has 0 spiro atoms. The maximum atomic E-state index is 11.3. The molecule has 5 nitrogen and oxygen atoms in total. The van der Waals surface area contributed by atoms with Crippen molar-refractivity contribution in [3.05, 3.63) is 5.01 Å². The molecule has 0 N–H and O–H groups in total. The molecule has 0 saturated heterocycles. The maximum absolute atomic E-state index is 11.3. The van der Waals surface area contributed by atoms with Gasteiger partial charge in [0.15, 0.2) is 0 Å². The quantitative estimate of drug-likeness (QED) is 0.718. The molecule has 0 aromatic carbocycles. The Kier molecular flexibility index (Phi) is 5.18. The minimum absolute atomic E-state index is 0.0907. The number of nitrogens with zero attached hydrogens (tertiary/aromatic N) is 2. The molecule has 16 heavy (non-hydrogen) atoms. The van der Waals surface area contributed by atoms with Crippen LogP contribution in [0.5, 0.6) is 5.19 Å². The van der Waals surface area contributed by atoms with Gasteiger partial charge in [-0.15, -0.1) is 5.10 Å². The first-order chi connectivity index (χ1) is 7.67. The zero-order chi connectivity index (χ0) is 12.0. The molecular weight excluding hydrogens is 228 g/mol. The largest absolute Gasteiger partial charge is 0.466 e. The number of esters is 1. The van der Waals surface area contributed by atoms with Crippen molar-refractivity contribution in [2.45, 2.75) is 39.7 Å². The normalized spacial score (nSPS) is 12.2. The van der Waals surface area contributed by atoms with Crippen molar-refractivity contribution < 1.29 is 14.3 Å². The van der Waals surface area contributed by atoms with Crippen LogP contribution in [0.4, 0.5) is 0 Å². The fraction of sp³-hybridized carbons (Fsp3) is 0.700. The molecular formula is C10H16N2O3S. The highest BCUT2D eigenvalue weighted by Gasteiger charge is 2.15. The molecule has 1 unspecified atom stereocenters. The Hall–Kier alpha value is -1.17. The van der Waals surface area contributed by atoms with Crippen LogP contribution in [0.25, 0.3) is 0 Å². The average Bonchev–Trinajstić information content (AvgIpc) is 2.67. The number of aromatic nitrogens is 2. The molecule has 0 radical (unpaired) electrons. The summed E-state index contributed by atoms with van der Waals surface area (Å²) in [7, 11) is 0. The Morgan fingerprint density at radius 2 is 2.19 bits per heavy atom. The Morgan fingerprint density at radius 1 is 1.44 bits per heavy atom. The van der Waals surface area contributed by atoms with Gasteiger partial charge in [-0.1, -0.05) is 18.4 Å². The third-order valence-corrected chi connectivity index (χ3v) is 2.65. The number of carbonyl (C=O) groups is 1. The molecule has 1 heterocycles. The minimum Gasteiger partial charge on any atom is -0.466 e. The van der Waals surface area contributed by atoms with Gasteiger partial charge in [0.2, 0.25) is 5.01 Å². The highest BCUT2D eigenvalue weighted by atomic mass is 32.1.